The van der Waals surface area contributed by atoms with Crippen LogP contribution in [0.2, 0.25) is 10.0 Å². The molecule has 0 aliphatic carbocycles. The monoisotopic (exact) mass is 257 g/mol. The lowest BCUT2D eigenvalue weighted by Crippen LogP contribution is -2.29. The van der Waals surface area contributed by atoms with Crippen LogP contribution in [-0.2, 0) is 4.79 Å². The minimum atomic E-state index is -0.257. The number of benzene rings is 1. The second kappa shape index (κ2) is 6.21. The zero-order valence-electron chi connectivity index (χ0n) is 8.26. The summed E-state index contributed by atoms with van der Waals surface area (Å²) in [5, 5.41) is 14.4. The summed E-state index contributed by atoms with van der Waals surface area (Å²) in [6.45, 7) is 0.0848. The van der Waals surface area contributed by atoms with Crippen LogP contribution in [0.25, 0.3) is 0 Å². The Morgan fingerprint density at radius 3 is 2.75 bits per heavy atom. The Morgan fingerprint density at radius 2 is 2.12 bits per heavy atom. The number of hydrogen-bond acceptors (Lipinski definition) is 3. The maximum atomic E-state index is 11.1. The third-order valence-electron chi connectivity index (χ3n) is 1.74. The van der Waals surface area contributed by atoms with Crippen LogP contribution in [0, 0.1) is 11.3 Å². The summed E-state index contributed by atoms with van der Waals surface area (Å²) in [5.41, 5.74) is 0.696. The van der Waals surface area contributed by atoms with E-state index >= 15 is 0 Å². The molecule has 0 spiro atoms. The second-order valence-electron chi connectivity index (χ2n) is 2.92. The van der Waals surface area contributed by atoms with Gasteiger partial charge in [-0.2, -0.15) is 5.26 Å². The highest BCUT2D eigenvalue weighted by atomic mass is 35.5. The van der Waals surface area contributed by atoms with Crippen LogP contribution in [0.4, 0.5) is 5.69 Å². The van der Waals surface area contributed by atoms with Gasteiger partial charge in [-0.15, -0.1) is 0 Å². The number of carbonyl (C=O) groups is 1. The number of nitrogens with one attached hydrogen (secondary N) is 2. The van der Waals surface area contributed by atoms with Gasteiger partial charge < -0.3 is 10.6 Å². The van der Waals surface area contributed by atoms with E-state index in [9.17, 15) is 4.79 Å². The molecule has 0 aliphatic rings. The van der Waals surface area contributed by atoms with Crippen molar-refractivity contribution in [3.63, 3.8) is 0 Å². The van der Waals surface area contributed by atoms with E-state index in [1.807, 2.05) is 6.07 Å². The molecule has 0 heterocycles. The Hall–Kier alpha value is -1.44. The molecule has 1 aromatic carbocycles. The molecule has 0 unspecified atom stereocenters. The third-order valence-corrected chi connectivity index (χ3v) is 2.48. The first kappa shape index (κ1) is 12.6. The van der Waals surface area contributed by atoms with Crippen molar-refractivity contribution < 1.29 is 4.79 Å². The predicted octanol–water partition coefficient (Wildman–Crippen LogP) is 2.05. The van der Waals surface area contributed by atoms with Gasteiger partial charge in [0.05, 0.1) is 22.7 Å². The molecular weight excluding hydrogens is 249 g/mol. The first-order valence-electron chi connectivity index (χ1n) is 4.46. The summed E-state index contributed by atoms with van der Waals surface area (Å²) in [6.07, 6.45) is 0. The van der Waals surface area contributed by atoms with Crippen molar-refractivity contribution in [2.75, 3.05) is 18.4 Å². The van der Waals surface area contributed by atoms with E-state index < -0.39 is 0 Å². The van der Waals surface area contributed by atoms with Gasteiger partial charge in [0, 0.05) is 5.69 Å². The van der Waals surface area contributed by atoms with Crippen molar-refractivity contribution in [3.05, 3.63) is 28.2 Å². The molecule has 1 rings (SSSR count). The number of carbonyl (C=O) groups excluding carboxylic acids is 1. The van der Waals surface area contributed by atoms with Gasteiger partial charge in [0.15, 0.2) is 0 Å². The summed E-state index contributed by atoms with van der Waals surface area (Å²) in [5.74, 6) is -0.257. The molecular formula is C10H9Cl2N3O. The molecule has 0 atom stereocenters. The molecule has 0 aromatic heterocycles. The molecule has 1 amide bonds. The fourth-order valence-corrected chi connectivity index (χ4v) is 1.29. The van der Waals surface area contributed by atoms with E-state index in [1.54, 1.807) is 18.2 Å². The Kier molecular flexibility index (Phi) is 4.90. The van der Waals surface area contributed by atoms with Crippen LogP contribution in [0.3, 0.4) is 0 Å². The lowest BCUT2D eigenvalue weighted by molar-refractivity contribution is -0.119. The number of hydrogen-bond donors (Lipinski definition) is 2. The average molecular weight is 258 g/mol. The lowest BCUT2D eigenvalue weighted by Gasteiger charge is -2.06. The Bertz CT molecular complexity index is 429. The van der Waals surface area contributed by atoms with Gasteiger partial charge in [0.25, 0.3) is 0 Å². The van der Waals surface area contributed by atoms with Gasteiger partial charge in [0.2, 0.25) is 5.91 Å². The molecule has 0 saturated heterocycles. The van der Waals surface area contributed by atoms with Gasteiger partial charge in [-0.05, 0) is 18.2 Å². The minimum Gasteiger partial charge on any atom is -0.376 e. The zero-order valence-corrected chi connectivity index (χ0v) is 9.77. The normalized spacial score (nSPS) is 9.31. The number of halogens is 2. The topological polar surface area (TPSA) is 64.9 Å². The summed E-state index contributed by atoms with van der Waals surface area (Å²) in [4.78, 5) is 11.1. The summed E-state index contributed by atoms with van der Waals surface area (Å²) in [7, 11) is 0. The summed E-state index contributed by atoms with van der Waals surface area (Å²) >= 11 is 11.5. The second-order valence-corrected chi connectivity index (χ2v) is 3.73. The van der Waals surface area contributed by atoms with E-state index in [0.29, 0.717) is 15.7 Å². The molecule has 16 heavy (non-hydrogen) atoms. The molecule has 1 aromatic rings. The molecule has 0 aliphatic heterocycles. The van der Waals surface area contributed by atoms with Crippen molar-refractivity contribution in [1.82, 2.24) is 5.32 Å². The van der Waals surface area contributed by atoms with Gasteiger partial charge in [-0.3, -0.25) is 4.79 Å². The number of nitriles is 1. The number of nitrogens with zero attached hydrogens (tertiary/aromatic N) is 1. The van der Waals surface area contributed by atoms with Crippen molar-refractivity contribution >= 4 is 34.8 Å². The summed E-state index contributed by atoms with van der Waals surface area (Å²) in [6, 6.07) is 6.79. The predicted molar refractivity (Wildman–Crippen MR) is 63.6 cm³/mol. The van der Waals surface area contributed by atoms with E-state index in [0.717, 1.165) is 0 Å². The van der Waals surface area contributed by atoms with Gasteiger partial charge in [0.1, 0.15) is 6.54 Å². The van der Waals surface area contributed by atoms with Crippen LogP contribution >= 0.6 is 23.2 Å². The van der Waals surface area contributed by atoms with Gasteiger partial charge in [-0.25, -0.2) is 0 Å². The first-order valence-corrected chi connectivity index (χ1v) is 5.21. The highest BCUT2D eigenvalue weighted by molar-refractivity contribution is 6.42. The van der Waals surface area contributed by atoms with Crippen molar-refractivity contribution in [3.8, 4) is 6.07 Å². The molecule has 0 saturated carbocycles. The fourth-order valence-electron chi connectivity index (χ4n) is 0.989. The number of amides is 1. The first-order chi connectivity index (χ1) is 7.63. The largest absolute Gasteiger partial charge is 0.376 e. The van der Waals surface area contributed by atoms with Crippen LogP contribution in [0.1, 0.15) is 0 Å². The highest BCUT2D eigenvalue weighted by Crippen LogP contribution is 2.24. The van der Waals surface area contributed by atoms with E-state index in [1.165, 1.54) is 0 Å². The smallest absolute Gasteiger partial charge is 0.240 e. The van der Waals surface area contributed by atoms with Crippen molar-refractivity contribution in [2.24, 2.45) is 0 Å². The minimum absolute atomic E-state index is 0.00187. The molecule has 0 bridgehead atoms. The van der Waals surface area contributed by atoms with Crippen LogP contribution < -0.4 is 10.6 Å². The molecule has 84 valence electrons. The Balaban J connectivity index is 2.46. The van der Waals surface area contributed by atoms with E-state index in [2.05, 4.69) is 10.6 Å². The number of anilines is 1. The SMILES string of the molecule is N#CCNC(=O)CNc1ccc(Cl)c(Cl)c1. The van der Waals surface area contributed by atoms with Gasteiger partial charge in [-0.1, -0.05) is 23.2 Å². The molecule has 4 nitrogen and oxygen atoms in total. The molecule has 0 fully saturated rings. The molecule has 0 radical (unpaired) electrons. The average Bonchev–Trinajstić information content (AvgIpc) is 2.28. The van der Waals surface area contributed by atoms with Crippen molar-refractivity contribution in [2.45, 2.75) is 0 Å². The van der Waals surface area contributed by atoms with Crippen LogP contribution in [-0.4, -0.2) is 19.0 Å². The molecule has 6 heteroatoms. The maximum absolute atomic E-state index is 11.1. The fraction of sp³-hybridized carbons (Fsp3) is 0.200. The quantitative estimate of drug-likeness (QED) is 0.812. The summed E-state index contributed by atoms with van der Waals surface area (Å²) < 4.78 is 0. The van der Waals surface area contributed by atoms with Crippen LogP contribution in [0.15, 0.2) is 18.2 Å². The van der Waals surface area contributed by atoms with E-state index in [4.69, 9.17) is 28.5 Å². The van der Waals surface area contributed by atoms with Crippen LogP contribution in [0.5, 0.6) is 0 Å². The molecule has 2 N–H and O–H groups in total. The van der Waals surface area contributed by atoms with Crippen molar-refractivity contribution in [1.29, 1.82) is 5.26 Å². The zero-order chi connectivity index (χ0) is 12.0. The van der Waals surface area contributed by atoms with Gasteiger partial charge >= 0.3 is 0 Å². The standard InChI is InChI=1S/C10H9Cl2N3O/c11-8-2-1-7(5-9(8)12)15-6-10(16)14-4-3-13/h1-2,5,15H,4,6H2,(H,14,16). The van der Waals surface area contributed by atoms with E-state index in [-0.39, 0.29) is 19.0 Å². The lowest BCUT2D eigenvalue weighted by atomic mass is 10.3. The maximum Gasteiger partial charge on any atom is 0.240 e. The highest BCUT2D eigenvalue weighted by Gasteiger charge is 2.02. The Labute approximate surface area is 103 Å². The number of rotatable bonds is 4. The Morgan fingerprint density at radius 1 is 1.38 bits per heavy atom. The third kappa shape index (κ3) is 3.97.